The van der Waals surface area contributed by atoms with Crippen LogP contribution >= 0.6 is 0 Å². The van der Waals surface area contributed by atoms with E-state index >= 15 is 0 Å². The van der Waals surface area contributed by atoms with Gasteiger partial charge in [-0.3, -0.25) is 0 Å². The second-order valence-corrected chi connectivity index (χ2v) is 2.63. The van der Waals surface area contributed by atoms with Crippen LogP contribution in [0.25, 0.3) is 0 Å². The molecule has 0 unspecified atom stereocenters. The van der Waals surface area contributed by atoms with E-state index in [1.54, 1.807) is 0 Å². The van der Waals surface area contributed by atoms with Crippen molar-refractivity contribution in [3.8, 4) is 0 Å². The molecule has 0 bridgehead atoms. The van der Waals surface area contributed by atoms with Crippen LogP contribution in [0.3, 0.4) is 0 Å². The molecule has 0 aliphatic heterocycles. The summed E-state index contributed by atoms with van der Waals surface area (Å²) in [5, 5.41) is 0. The van der Waals surface area contributed by atoms with Crippen LogP contribution in [0, 0.1) is 0 Å². The molecule has 0 saturated heterocycles. The molecule has 0 radical (unpaired) electrons. The van der Waals surface area contributed by atoms with E-state index in [4.69, 9.17) is 2.85 Å². The molecule has 0 aromatic rings. The third kappa shape index (κ3) is 4.83. The molecule has 0 rings (SSSR count). The summed E-state index contributed by atoms with van der Waals surface area (Å²) in [6, 6.07) is 0. The fraction of sp³-hybridized carbons (Fsp3) is 1.00. The quantitative estimate of drug-likeness (QED) is 0.544. The van der Waals surface area contributed by atoms with Gasteiger partial charge in [0, 0.05) is 0 Å². The van der Waals surface area contributed by atoms with Crippen LogP contribution in [-0.2, 0) is 2.85 Å². The molecule has 1 nitrogen and oxygen atoms in total. The van der Waals surface area contributed by atoms with E-state index in [0.29, 0.717) is 30.9 Å². The summed E-state index contributed by atoms with van der Waals surface area (Å²) in [7, 11) is 0. The predicted octanol–water partition coefficient (Wildman–Crippen LogP) is -0.0405. The Morgan fingerprint density at radius 2 is 1.80 bits per heavy atom. The van der Waals surface area contributed by atoms with E-state index in [1.807, 2.05) is 0 Å². The summed E-state index contributed by atoms with van der Waals surface area (Å²) in [6.45, 7) is 4.11. The van der Waals surface area contributed by atoms with Gasteiger partial charge in [0.15, 0.2) is 0 Å². The Hall–Kier alpha value is 0.830. The van der Waals surface area contributed by atoms with Gasteiger partial charge in [0.2, 0.25) is 0 Å². The van der Waals surface area contributed by atoms with Crippen molar-refractivity contribution in [3.05, 3.63) is 0 Å². The first-order chi connectivity index (χ1) is 2.27. The van der Waals surface area contributed by atoms with E-state index < -0.39 is 0 Å². The van der Waals surface area contributed by atoms with Gasteiger partial charge in [-0.25, -0.2) is 0 Å². The fourth-order valence-electron chi connectivity index (χ4n) is 0. The Balaban J connectivity index is 2.54. The molecule has 0 fully saturated rings. The normalized spacial score (nSPS) is 9.40. The zero-order valence-electron chi connectivity index (χ0n) is 3.99. The van der Waals surface area contributed by atoms with Crippen molar-refractivity contribution >= 4 is 24.8 Å². The Kier molecular flexibility index (Phi) is 3.54. The third-order valence-electron chi connectivity index (χ3n) is 0.471. The molecule has 0 aliphatic carbocycles. The van der Waals surface area contributed by atoms with Gasteiger partial charge in [0.25, 0.3) is 0 Å². The van der Waals surface area contributed by atoms with Crippen LogP contribution in [0.15, 0.2) is 0 Å². The van der Waals surface area contributed by atoms with Gasteiger partial charge in [-0.1, -0.05) is 0 Å². The standard InChI is InChI=1S/C3H7O.In.2H/c1-3(2)4;;;/h3H,1-2H3;;;/q-1;+1;;. The van der Waals surface area contributed by atoms with Crippen molar-refractivity contribution in [2.45, 2.75) is 20.0 Å². The van der Waals surface area contributed by atoms with Gasteiger partial charge in [-0.15, -0.1) is 0 Å². The van der Waals surface area contributed by atoms with Gasteiger partial charge in [-0.05, 0) is 0 Å². The molecule has 30 valence electrons. The molecule has 0 heterocycles. The number of hydrogen-bond donors (Lipinski definition) is 0. The monoisotopic (exact) mass is 176 g/mol. The van der Waals surface area contributed by atoms with Crippen LogP contribution in [-0.4, -0.2) is 30.9 Å². The zero-order chi connectivity index (χ0) is 4.28. The molecule has 0 aliphatic rings. The first-order valence-electron chi connectivity index (χ1n) is 1.80. The van der Waals surface area contributed by atoms with E-state index in [-0.39, 0.29) is 0 Å². The van der Waals surface area contributed by atoms with Crippen molar-refractivity contribution in [3.63, 3.8) is 0 Å². The van der Waals surface area contributed by atoms with Crippen LogP contribution in [0.2, 0.25) is 0 Å². The van der Waals surface area contributed by atoms with Crippen LogP contribution < -0.4 is 0 Å². The van der Waals surface area contributed by atoms with Gasteiger partial charge in [0.1, 0.15) is 0 Å². The maximum atomic E-state index is 4.96. The molecular weight excluding hydrogens is 167 g/mol. The Labute approximate surface area is 47.9 Å². The Morgan fingerprint density at radius 1 is 1.60 bits per heavy atom. The molecule has 0 aromatic carbocycles. The first-order valence-corrected chi connectivity index (χ1v) is 4.13. The zero-order valence-corrected chi connectivity index (χ0v) is 9.69. The maximum absolute atomic E-state index is 4.96. The van der Waals surface area contributed by atoms with Crippen molar-refractivity contribution in [2.75, 3.05) is 0 Å². The summed E-state index contributed by atoms with van der Waals surface area (Å²) in [5.74, 6) is 0. The molecule has 5 heavy (non-hydrogen) atoms. The average Bonchev–Trinajstić information content (AvgIpc) is 1.38. The Bertz CT molecular complexity index is 20.9. The summed E-state index contributed by atoms with van der Waals surface area (Å²) in [4.78, 5) is 0. The van der Waals surface area contributed by atoms with E-state index in [1.165, 1.54) is 0 Å². The molecule has 0 N–H and O–H groups in total. The Morgan fingerprint density at radius 3 is 1.80 bits per heavy atom. The topological polar surface area (TPSA) is 9.23 Å². The SMILES string of the molecule is CC(C)[O][InH2]. The second-order valence-electron chi connectivity index (χ2n) is 1.28. The molecular formula is C3H9InO. The molecule has 0 saturated carbocycles. The van der Waals surface area contributed by atoms with Crippen LogP contribution in [0.1, 0.15) is 13.8 Å². The molecule has 2 heteroatoms. The van der Waals surface area contributed by atoms with Crippen molar-refractivity contribution in [1.29, 1.82) is 0 Å². The van der Waals surface area contributed by atoms with Gasteiger partial charge in [-0.2, -0.15) is 0 Å². The van der Waals surface area contributed by atoms with Gasteiger partial charge < -0.3 is 0 Å². The fourth-order valence-corrected chi connectivity index (χ4v) is 0. The predicted molar refractivity (Wildman–Crippen MR) is 24.8 cm³/mol. The number of hydrogen-bond acceptors (Lipinski definition) is 1. The van der Waals surface area contributed by atoms with E-state index in [0.717, 1.165) is 0 Å². The molecule has 0 aromatic heterocycles. The minimum absolute atomic E-state index is 0.451. The summed E-state index contributed by atoms with van der Waals surface area (Å²) >= 11 is 0.451. The minimum atomic E-state index is 0.451. The summed E-state index contributed by atoms with van der Waals surface area (Å²) in [6.07, 6.45) is 0.478. The summed E-state index contributed by atoms with van der Waals surface area (Å²) in [5.41, 5.74) is 0. The molecule has 0 amide bonds. The van der Waals surface area contributed by atoms with Gasteiger partial charge in [0.05, 0.1) is 0 Å². The van der Waals surface area contributed by atoms with Crippen LogP contribution in [0.4, 0.5) is 0 Å². The van der Waals surface area contributed by atoms with Gasteiger partial charge >= 0.3 is 47.6 Å². The summed E-state index contributed by atoms with van der Waals surface area (Å²) < 4.78 is 4.96. The van der Waals surface area contributed by atoms with Crippen molar-refractivity contribution in [1.82, 2.24) is 0 Å². The van der Waals surface area contributed by atoms with E-state index in [9.17, 15) is 0 Å². The number of rotatable bonds is 1. The van der Waals surface area contributed by atoms with Crippen molar-refractivity contribution in [2.24, 2.45) is 0 Å². The third-order valence-corrected chi connectivity index (χ3v) is 3.16. The molecule has 0 spiro atoms. The second kappa shape index (κ2) is 3.04. The average molecular weight is 176 g/mol. The van der Waals surface area contributed by atoms with Crippen LogP contribution in [0.5, 0.6) is 0 Å². The molecule has 0 atom stereocenters. The van der Waals surface area contributed by atoms with E-state index in [2.05, 4.69) is 13.8 Å². The first kappa shape index (κ1) is 5.83. The van der Waals surface area contributed by atoms with Crippen molar-refractivity contribution < 1.29 is 2.85 Å².